The summed E-state index contributed by atoms with van der Waals surface area (Å²) in [5.41, 5.74) is 4.15. The van der Waals surface area contributed by atoms with Crippen molar-refractivity contribution in [3.63, 3.8) is 0 Å². The van der Waals surface area contributed by atoms with E-state index < -0.39 is 23.8 Å². The fraction of sp³-hybridized carbons (Fsp3) is 0.244. The average molecular weight is 776 g/mol. The summed E-state index contributed by atoms with van der Waals surface area (Å²) in [5, 5.41) is 0. The van der Waals surface area contributed by atoms with E-state index in [2.05, 4.69) is 9.88 Å². The van der Waals surface area contributed by atoms with Crippen molar-refractivity contribution < 1.29 is 32.3 Å². The number of nitrogens with zero attached hydrogens (tertiary/aromatic N) is 5. The molecule has 1 saturated heterocycles. The molecule has 6 rings (SSSR count). The number of anilines is 3. The number of benzene rings is 4. The molecule has 3 amide bonds. The van der Waals surface area contributed by atoms with Crippen LogP contribution in [0.3, 0.4) is 0 Å². The molecule has 1 aliphatic heterocycles. The Kier molecular flexibility index (Phi) is 13.2. The lowest BCUT2D eigenvalue weighted by Gasteiger charge is -2.34. The number of carbonyl (C=O) groups is 3. The van der Waals surface area contributed by atoms with Gasteiger partial charge in [0.25, 0.3) is 0 Å². The molecule has 12 heteroatoms. The van der Waals surface area contributed by atoms with Gasteiger partial charge in [-0.05, 0) is 70.8 Å². The van der Waals surface area contributed by atoms with Crippen LogP contribution in [0.5, 0.6) is 0 Å². The Labute approximate surface area is 330 Å². The molecule has 1 atom stereocenters. The Hall–Kier alpha value is -6.27. The zero-order valence-corrected chi connectivity index (χ0v) is 31.8. The zero-order chi connectivity index (χ0) is 40.4. The molecule has 294 valence electrons. The molecule has 1 unspecified atom stereocenters. The van der Waals surface area contributed by atoms with Crippen LogP contribution >= 0.6 is 0 Å². The molecule has 1 fully saturated rings. The molecule has 0 bridgehead atoms. The first-order valence-electron chi connectivity index (χ1n) is 18.6. The number of pyridine rings is 1. The lowest BCUT2D eigenvalue weighted by molar-refractivity contribution is -0.143. The highest BCUT2D eigenvalue weighted by Gasteiger charge is 2.33. The summed E-state index contributed by atoms with van der Waals surface area (Å²) in [5.74, 6) is -0.945. The maximum atomic E-state index is 14.6. The molecule has 2 heterocycles. The predicted octanol–water partition coefficient (Wildman–Crippen LogP) is 7.93. The van der Waals surface area contributed by atoms with Gasteiger partial charge in [-0.25, -0.2) is 0 Å². The molecule has 9 nitrogen and oxygen atoms in total. The molecule has 5 aromatic rings. The van der Waals surface area contributed by atoms with Gasteiger partial charge in [0.05, 0.1) is 13.2 Å². The van der Waals surface area contributed by atoms with Gasteiger partial charge < -0.3 is 19.4 Å². The van der Waals surface area contributed by atoms with Crippen LogP contribution in [0.1, 0.15) is 34.9 Å². The predicted molar refractivity (Wildman–Crippen MR) is 214 cm³/mol. The van der Waals surface area contributed by atoms with Gasteiger partial charge >= 0.3 is 6.18 Å². The van der Waals surface area contributed by atoms with Gasteiger partial charge in [-0.2, -0.15) is 13.2 Å². The quantitative estimate of drug-likeness (QED) is 0.113. The van der Waals surface area contributed by atoms with Crippen LogP contribution < -0.4 is 9.80 Å². The fourth-order valence-electron chi connectivity index (χ4n) is 6.72. The van der Waals surface area contributed by atoms with Gasteiger partial charge in [-0.15, -0.1) is 0 Å². The van der Waals surface area contributed by atoms with Crippen molar-refractivity contribution in [3.8, 4) is 0 Å². The number of halogens is 3. The lowest BCUT2D eigenvalue weighted by atomic mass is 10.0. The molecule has 1 aromatic heterocycles. The Bertz CT molecular complexity index is 2120. The normalized spacial score (nSPS) is 13.6. The second kappa shape index (κ2) is 18.6. The van der Waals surface area contributed by atoms with Gasteiger partial charge in [-0.1, -0.05) is 78.9 Å². The number of alkyl halides is 3. The van der Waals surface area contributed by atoms with E-state index in [-0.39, 0.29) is 31.3 Å². The van der Waals surface area contributed by atoms with Crippen molar-refractivity contribution in [2.75, 3.05) is 43.2 Å². The number of morpholine rings is 1. The van der Waals surface area contributed by atoms with E-state index in [1.165, 1.54) is 30.0 Å². The first-order chi connectivity index (χ1) is 27.5. The number of amides is 3. The third kappa shape index (κ3) is 10.7. The molecule has 0 aliphatic carbocycles. The van der Waals surface area contributed by atoms with Crippen LogP contribution in [0.15, 0.2) is 134 Å². The zero-order valence-electron chi connectivity index (χ0n) is 31.8. The number of hydrogen-bond acceptors (Lipinski definition) is 6. The average Bonchev–Trinajstić information content (AvgIpc) is 3.22. The molecule has 1 aliphatic rings. The Morgan fingerprint density at radius 2 is 1.37 bits per heavy atom. The summed E-state index contributed by atoms with van der Waals surface area (Å²) in [4.78, 5) is 51.9. The molecule has 4 aromatic carbocycles. The first kappa shape index (κ1) is 40.4. The fourth-order valence-corrected chi connectivity index (χ4v) is 6.72. The smallest absolute Gasteiger partial charge is 0.378 e. The maximum absolute atomic E-state index is 14.6. The number of carbonyl (C=O) groups excluding carboxylic acids is 3. The molecule has 57 heavy (non-hydrogen) atoms. The highest BCUT2D eigenvalue weighted by Crippen LogP contribution is 2.28. The monoisotopic (exact) mass is 775 g/mol. The summed E-state index contributed by atoms with van der Waals surface area (Å²) in [6.07, 6.45) is -0.658. The largest absolute Gasteiger partial charge is 0.433 e. The molecular weight excluding hydrogens is 732 g/mol. The minimum Gasteiger partial charge on any atom is -0.378 e. The van der Waals surface area contributed by atoms with Gasteiger partial charge in [0.1, 0.15) is 11.7 Å². The molecule has 0 N–H and O–H groups in total. The van der Waals surface area contributed by atoms with Crippen molar-refractivity contribution in [1.82, 2.24) is 14.8 Å². The van der Waals surface area contributed by atoms with E-state index in [4.69, 9.17) is 4.74 Å². The summed E-state index contributed by atoms with van der Waals surface area (Å²) in [6, 6.07) is 35.1. The number of hydrogen-bond donors (Lipinski definition) is 0. The summed E-state index contributed by atoms with van der Waals surface area (Å²) in [6.45, 7) is 4.60. The van der Waals surface area contributed by atoms with E-state index in [1.54, 1.807) is 16.8 Å². The van der Waals surface area contributed by atoms with Gasteiger partial charge in [0.2, 0.25) is 17.7 Å². The van der Waals surface area contributed by atoms with Gasteiger partial charge in [0, 0.05) is 75.9 Å². The number of aromatic nitrogens is 1. The van der Waals surface area contributed by atoms with Crippen LogP contribution in [0.25, 0.3) is 6.08 Å². The number of likely N-dealkylation sites (N-methyl/N-ethyl adjacent to an activating group) is 1. The topological polar surface area (TPSA) is 86.3 Å². The number of ether oxygens (including phenoxy) is 1. The van der Waals surface area contributed by atoms with Crippen LogP contribution in [0, 0.1) is 0 Å². The summed E-state index contributed by atoms with van der Waals surface area (Å²) < 4.78 is 45.0. The van der Waals surface area contributed by atoms with Crippen molar-refractivity contribution in [2.24, 2.45) is 0 Å². The van der Waals surface area contributed by atoms with Crippen molar-refractivity contribution in [3.05, 3.63) is 162 Å². The SMILES string of the molecule is CC(=O)N(c1ccccc1)c1ccc(CN(C)C(=O)C(Cc2ccccc2)N(Cc2ccc(N3CCOCC3)cc2)C(=O)C=Cc2ccc(C(F)(F)F)nc2)cc1. The van der Waals surface area contributed by atoms with Crippen molar-refractivity contribution in [2.45, 2.75) is 38.7 Å². The molecular formula is C45H44F3N5O4. The first-order valence-corrected chi connectivity index (χ1v) is 18.6. The second-order valence-electron chi connectivity index (χ2n) is 13.8. The minimum absolute atomic E-state index is 0.0873. The maximum Gasteiger partial charge on any atom is 0.433 e. The van der Waals surface area contributed by atoms with E-state index >= 15 is 0 Å². The Balaban J connectivity index is 1.29. The Morgan fingerprint density at radius 3 is 1.96 bits per heavy atom. The highest BCUT2D eigenvalue weighted by atomic mass is 19.4. The molecule has 0 radical (unpaired) electrons. The van der Waals surface area contributed by atoms with Crippen LogP contribution in [-0.4, -0.2) is 71.9 Å². The third-order valence-electron chi connectivity index (χ3n) is 9.70. The Morgan fingerprint density at radius 1 is 0.772 bits per heavy atom. The van der Waals surface area contributed by atoms with E-state index in [0.717, 1.165) is 53.4 Å². The van der Waals surface area contributed by atoms with Crippen LogP contribution in [-0.2, 0) is 44.8 Å². The van der Waals surface area contributed by atoms with Gasteiger partial charge in [-0.3, -0.25) is 24.3 Å². The lowest BCUT2D eigenvalue weighted by Crippen LogP contribution is -2.50. The van der Waals surface area contributed by atoms with Gasteiger partial charge in [0.15, 0.2) is 0 Å². The van der Waals surface area contributed by atoms with Crippen molar-refractivity contribution in [1.29, 1.82) is 0 Å². The van der Waals surface area contributed by atoms with E-state index in [0.29, 0.717) is 24.5 Å². The third-order valence-corrected chi connectivity index (χ3v) is 9.70. The summed E-state index contributed by atoms with van der Waals surface area (Å²) >= 11 is 0. The van der Waals surface area contributed by atoms with E-state index in [9.17, 15) is 27.6 Å². The highest BCUT2D eigenvalue weighted by molar-refractivity contribution is 5.99. The summed E-state index contributed by atoms with van der Waals surface area (Å²) in [7, 11) is 1.68. The van der Waals surface area contributed by atoms with Crippen LogP contribution in [0.4, 0.5) is 30.2 Å². The standard InChI is InChI=1S/C45H44F3N5O4/c1-33(54)53(39-11-7-4-8-12-39)40-21-15-36(16-22-40)31-50(2)44(56)41(29-34-9-5-3-6-10-34)52(32-37-13-19-38(20-14-37)51-25-27-57-28-26-51)43(55)24-18-35-17-23-42(49-30-35)45(46,47)48/h3-24,30,41H,25-29,31-32H2,1-2H3. The molecule has 0 spiro atoms. The number of para-hydroxylation sites is 1. The molecule has 0 saturated carbocycles. The van der Waals surface area contributed by atoms with Crippen LogP contribution in [0.2, 0.25) is 0 Å². The minimum atomic E-state index is -4.59. The second-order valence-corrected chi connectivity index (χ2v) is 13.8. The van der Waals surface area contributed by atoms with E-state index in [1.807, 2.05) is 109 Å². The van der Waals surface area contributed by atoms with Crippen molar-refractivity contribution >= 4 is 40.9 Å². The number of rotatable bonds is 13.